The highest BCUT2D eigenvalue weighted by molar-refractivity contribution is 5.83. The normalized spacial score (nSPS) is 13.0. The second-order valence-electron chi connectivity index (χ2n) is 10.7. The minimum Gasteiger partial charge on any atom is -0.457 e. The van der Waals surface area contributed by atoms with Gasteiger partial charge in [0.05, 0.1) is 6.61 Å². The number of Topliss-reactive ketones (excluding diaryl/α,β-unsaturated/α-hetero) is 1. The fraction of sp³-hybridized carbons (Fsp3) is 0.935. The van der Waals surface area contributed by atoms with Gasteiger partial charge in [0.25, 0.3) is 0 Å². The monoisotopic (exact) mass is 512 g/mol. The highest BCUT2D eigenvalue weighted by atomic mass is 16.6. The average molecular weight is 513 g/mol. The number of carbonyl (C=O) groups is 2. The van der Waals surface area contributed by atoms with Crippen LogP contribution in [0.2, 0.25) is 0 Å². The summed E-state index contributed by atoms with van der Waals surface area (Å²) in [7, 11) is 0. The van der Waals surface area contributed by atoms with Gasteiger partial charge in [-0.15, -0.1) is 0 Å². The predicted molar refractivity (Wildman–Crippen MR) is 150 cm³/mol. The first-order valence-corrected chi connectivity index (χ1v) is 15.6. The van der Waals surface area contributed by atoms with E-state index in [4.69, 9.17) is 4.74 Å². The molecule has 0 aliphatic carbocycles. The number of ether oxygens (including phenoxy) is 1. The number of hydrogen-bond acceptors (Lipinski definition) is 5. The third-order valence-electron chi connectivity index (χ3n) is 7.16. The Hall–Kier alpha value is -0.940. The molecule has 0 saturated carbocycles. The SMILES string of the molecule is CCCCCCCCCCCCCCCCCCCC(=O)OC(CO)C(O)C(=O)CCCCCCC. The molecule has 2 N–H and O–H groups in total. The Morgan fingerprint density at radius 3 is 1.25 bits per heavy atom. The fourth-order valence-electron chi connectivity index (χ4n) is 4.68. The van der Waals surface area contributed by atoms with Crippen molar-refractivity contribution in [3.8, 4) is 0 Å². The second-order valence-corrected chi connectivity index (χ2v) is 10.7. The second kappa shape index (κ2) is 27.1. The van der Waals surface area contributed by atoms with Crippen LogP contribution in [0, 0.1) is 0 Å². The van der Waals surface area contributed by atoms with Gasteiger partial charge in [-0.1, -0.05) is 142 Å². The molecule has 0 fully saturated rings. The van der Waals surface area contributed by atoms with Crippen molar-refractivity contribution in [2.24, 2.45) is 0 Å². The fourth-order valence-corrected chi connectivity index (χ4v) is 4.68. The molecule has 5 nitrogen and oxygen atoms in total. The van der Waals surface area contributed by atoms with Crippen molar-refractivity contribution >= 4 is 11.8 Å². The lowest BCUT2D eigenvalue weighted by Crippen LogP contribution is -2.40. The third kappa shape index (κ3) is 22.3. The zero-order valence-electron chi connectivity index (χ0n) is 24.0. The van der Waals surface area contributed by atoms with Gasteiger partial charge in [0.15, 0.2) is 18.0 Å². The molecule has 0 aromatic carbocycles. The van der Waals surface area contributed by atoms with Crippen LogP contribution in [0.4, 0.5) is 0 Å². The summed E-state index contributed by atoms with van der Waals surface area (Å²) in [4.78, 5) is 24.2. The third-order valence-corrected chi connectivity index (χ3v) is 7.16. The maximum absolute atomic E-state index is 12.1. The Morgan fingerprint density at radius 2 is 0.889 bits per heavy atom. The molecular formula is C31H60O5. The minimum absolute atomic E-state index is 0.262. The van der Waals surface area contributed by atoms with E-state index in [2.05, 4.69) is 13.8 Å². The molecule has 36 heavy (non-hydrogen) atoms. The number of esters is 1. The molecular weight excluding hydrogens is 452 g/mol. The van der Waals surface area contributed by atoms with Crippen molar-refractivity contribution < 1.29 is 24.5 Å². The molecule has 0 aliphatic rings. The molecule has 0 aliphatic heterocycles. The maximum atomic E-state index is 12.1. The van der Waals surface area contributed by atoms with Gasteiger partial charge in [-0.25, -0.2) is 0 Å². The first-order chi connectivity index (χ1) is 17.6. The smallest absolute Gasteiger partial charge is 0.306 e. The first kappa shape index (κ1) is 35.1. The van der Waals surface area contributed by atoms with Crippen molar-refractivity contribution in [3.63, 3.8) is 0 Å². The van der Waals surface area contributed by atoms with Crippen molar-refractivity contribution in [3.05, 3.63) is 0 Å². The van der Waals surface area contributed by atoms with E-state index < -0.39 is 24.8 Å². The van der Waals surface area contributed by atoms with Crippen LogP contribution >= 0.6 is 0 Å². The van der Waals surface area contributed by atoms with Crippen LogP contribution < -0.4 is 0 Å². The number of hydrogen-bond donors (Lipinski definition) is 2. The summed E-state index contributed by atoms with van der Waals surface area (Å²) in [5.41, 5.74) is 0. The Balaban J connectivity index is 3.59. The summed E-state index contributed by atoms with van der Waals surface area (Å²) < 4.78 is 5.20. The molecule has 0 amide bonds. The van der Waals surface area contributed by atoms with Gasteiger partial charge < -0.3 is 14.9 Å². The largest absolute Gasteiger partial charge is 0.457 e. The number of aliphatic hydroxyl groups excluding tert-OH is 2. The lowest BCUT2D eigenvalue weighted by molar-refractivity contribution is -0.161. The van der Waals surface area contributed by atoms with Crippen LogP contribution in [-0.2, 0) is 14.3 Å². The summed E-state index contributed by atoms with van der Waals surface area (Å²) in [6, 6.07) is 0. The average Bonchev–Trinajstić information content (AvgIpc) is 2.88. The molecule has 0 bridgehead atoms. The molecule has 2 unspecified atom stereocenters. The minimum atomic E-state index is -1.43. The Bertz CT molecular complexity index is 493. The standard InChI is InChI=1S/C31H60O5/c1-3-5-7-9-10-11-12-13-14-15-16-17-18-19-20-22-24-26-30(34)36-29(27-32)31(35)28(33)25-23-21-8-6-4-2/h29,31-32,35H,3-27H2,1-2H3. The molecule has 0 radical (unpaired) electrons. The number of carbonyl (C=O) groups excluding carboxylic acids is 2. The Morgan fingerprint density at radius 1 is 0.556 bits per heavy atom. The lowest BCUT2D eigenvalue weighted by atomic mass is 10.0. The lowest BCUT2D eigenvalue weighted by Gasteiger charge is -2.20. The summed E-state index contributed by atoms with van der Waals surface area (Å²) in [5.74, 6) is -0.791. The quantitative estimate of drug-likeness (QED) is 0.0814. The summed E-state index contributed by atoms with van der Waals surface area (Å²) in [5, 5.41) is 19.6. The predicted octanol–water partition coefficient (Wildman–Crippen LogP) is 8.22. The van der Waals surface area contributed by atoms with Crippen molar-refractivity contribution in [1.82, 2.24) is 0 Å². The van der Waals surface area contributed by atoms with E-state index >= 15 is 0 Å². The van der Waals surface area contributed by atoms with Gasteiger partial charge in [-0.3, -0.25) is 9.59 Å². The summed E-state index contributed by atoms with van der Waals surface area (Å²) in [6.07, 6.45) is 24.9. The van der Waals surface area contributed by atoms with Gasteiger partial charge in [-0.2, -0.15) is 0 Å². The number of rotatable bonds is 28. The molecule has 0 heterocycles. The number of unbranched alkanes of at least 4 members (excludes halogenated alkanes) is 20. The Kier molecular flexibility index (Phi) is 26.4. The van der Waals surface area contributed by atoms with Gasteiger partial charge in [0.2, 0.25) is 0 Å². The van der Waals surface area contributed by atoms with Gasteiger partial charge in [0, 0.05) is 12.8 Å². The summed E-state index contributed by atoms with van der Waals surface area (Å²) in [6.45, 7) is 3.87. The van der Waals surface area contributed by atoms with Crippen LogP contribution in [0.3, 0.4) is 0 Å². The highest BCUT2D eigenvalue weighted by Crippen LogP contribution is 2.15. The summed E-state index contributed by atoms with van der Waals surface area (Å²) >= 11 is 0. The molecule has 0 aromatic rings. The van der Waals surface area contributed by atoms with Gasteiger partial charge in [-0.05, 0) is 12.8 Å². The van der Waals surface area contributed by atoms with E-state index in [9.17, 15) is 19.8 Å². The molecule has 5 heteroatoms. The number of aliphatic hydroxyl groups is 2. The van der Waals surface area contributed by atoms with Gasteiger partial charge >= 0.3 is 5.97 Å². The van der Waals surface area contributed by atoms with E-state index in [1.165, 1.54) is 89.9 Å². The molecule has 214 valence electrons. The van der Waals surface area contributed by atoms with E-state index in [0.717, 1.165) is 51.4 Å². The van der Waals surface area contributed by atoms with Crippen LogP contribution in [0.15, 0.2) is 0 Å². The molecule has 2 atom stereocenters. The van der Waals surface area contributed by atoms with Crippen molar-refractivity contribution in [1.29, 1.82) is 0 Å². The van der Waals surface area contributed by atoms with E-state index in [-0.39, 0.29) is 18.6 Å². The molecule has 0 spiro atoms. The van der Waals surface area contributed by atoms with Gasteiger partial charge in [0.1, 0.15) is 0 Å². The molecule has 0 rings (SSSR count). The van der Waals surface area contributed by atoms with Crippen LogP contribution in [0.1, 0.15) is 168 Å². The Labute approximate surface area is 223 Å². The van der Waals surface area contributed by atoms with Crippen LogP contribution in [0.5, 0.6) is 0 Å². The zero-order valence-corrected chi connectivity index (χ0v) is 24.0. The van der Waals surface area contributed by atoms with Crippen molar-refractivity contribution in [2.75, 3.05) is 6.61 Å². The van der Waals surface area contributed by atoms with E-state index in [1.807, 2.05) is 0 Å². The van der Waals surface area contributed by atoms with Crippen LogP contribution in [-0.4, -0.2) is 40.8 Å². The molecule has 0 aromatic heterocycles. The maximum Gasteiger partial charge on any atom is 0.306 e. The number of ketones is 1. The van der Waals surface area contributed by atoms with Crippen LogP contribution in [0.25, 0.3) is 0 Å². The van der Waals surface area contributed by atoms with E-state index in [1.54, 1.807) is 0 Å². The first-order valence-electron chi connectivity index (χ1n) is 15.6. The topological polar surface area (TPSA) is 83.8 Å². The highest BCUT2D eigenvalue weighted by Gasteiger charge is 2.28. The molecule has 0 saturated heterocycles. The van der Waals surface area contributed by atoms with E-state index in [0.29, 0.717) is 0 Å². The van der Waals surface area contributed by atoms with Crippen molar-refractivity contribution in [2.45, 2.75) is 180 Å². The zero-order chi connectivity index (χ0) is 26.7.